The summed E-state index contributed by atoms with van der Waals surface area (Å²) in [6.45, 7) is 26.4. The Hall–Kier alpha value is -1.11. The average Bonchev–Trinajstić information content (AvgIpc) is 2.85. The van der Waals surface area contributed by atoms with Gasteiger partial charge in [0.05, 0.1) is 0 Å². The summed E-state index contributed by atoms with van der Waals surface area (Å²) in [4.78, 5) is 40.2. The average molecular weight is 803 g/mol. The summed E-state index contributed by atoms with van der Waals surface area (Å²) >= 11 is 0. The van der Waals surface area contributed by atoms with Gasteiger partial charge >= 0.3 is 33.6 Å². The minimum Gasteiger partial charge on any atom is -0.550 e. The Balaban J connectivity index is -0.000000127. The molecule has 0 saturated carbocycles. The van der Waals surface area contributed by atoms with E-state index in [1.54, 1.807) is 0 Å². The summed E-state index contributed by atoms with van der Waals surface area (Å²) in [5, 5.41) is 40.2. The van der Waals surface area contributed by atoms with Crippen LogP contribution in [0.1, 0.15) is 212 Å². The Morgan fingerprint density at radius 2 is 0.440 bits per heavy atom. The molecule has 0 N–H and O–H groups in total. The van der Waals surface area contributed by atoms with Crippen LogP contribution in [0.3, 0.4) is 0 Å². The van der Waals surface area contributed by atoms with E-state index >= 15 is 0 Å². The number of carboxylic acid groups (broad SMARTS) is 4. The van der Waals surface area contributed by atoms with Crippen LogP contribution in [0.2, 0.25) is 0 Å². The predicted molar refractivity (Wildman–Crippen MR) is 190 cm³/mol. The number of carbonyl (C=O) groups is 4. The van der Waals surface area contributed by atoms with Crippen molar-refractivity contribution in [3.05, 3.63) is 0 Å². The predicted octanol–water partition coefficient (Wildman–Crippen LogP) is 6.93. The Morgan fingerprint density at radius 1 is 0.300 bits per heavy atom. The van der Waals surface area contributed by atoms with Gasteiger partial charge in [-0.3, -0.25) is 0 Å². The van der Waals surface area contributed by atoms with E-state index in [-0.39, 0.29) is 59.2 Å². The summed E-state index contributed by atoms with van der Waals surface area (Å²) in [6, 6.07) is 0. The van der Waals surface area contributed by atoms with Crippen LogP contribution >= 0.6 is 0 Å². The first-order chi connectivity index (χ1) is 21.7. The van der Waals surface area contributed by atoms with Crippen LogP contribution in [0, 0.1) is 21.7 Å². The van der Waals surface area contributed by atoms with Gasteiger partial charge in [0.1, 0.15) is 0 Å². The van der Waals surface area contributed by atoms with Gasteiger partial charge in [-0.2, -0.15) is 0 Å². The third-order valence-electron chi connectivity index (χ3n) is 7.23. The van der Waals surface area contributed by atoms with E-state index in [9.17, 15) is 39.6 Å². The van der Waals surface area contributed by atoms with Gasteiger partial charge in [-0.15, -0.1) is 0 Å². The third kappa shape index (κ3) is 81.1. The molecule has 8 nitrogen and oxygen atoms in total. The molecule has 0 atom stereocenters. The summed E-state index contributed by atoms with van der Waals surface area (Å²) in [5.41, 5.74) is 1.51. The number of carboxylic acids is 4. The maximum Gasteiger partial charge on any atom is 2.00 e. The molecule has 0 aliphatic rings. The molecule has 0 heterocycles. The molecule has 0 spiro atoms. The Labute approximate surface area is 328 Å². The molecule has 0 saturated heterocycles. The summed E-state index contributed by atoms with van der Waals surface area (Å²) in [7, 11) is 0. The normalized spacial score (nSPS) is 11.1. The monoisotopic (exact) mass is 802 g/mol. The number of carbonyl (C=O) groups excluding carboxylic acids is 4. The molecular weight excluding hydrogens is 726 g/mol. The minimum atomic E-state index is -0.925. The first kappa shape index (κ1) is 61.0. The Morgan fingerprint density at radius 3 is 0.540 bits per heavy atom. The van der Waals surface area contributed by atoms with Gasteiger partial charge in [0, 0.05) is 23.9 Å². The fourth-order valence-electron chi connectivity index (χ4n) is 4.41. The zero-order chi connectivity index (χ0) is 38.5. The van der Waals surface area contributed by atoms with E-state index in [1.807, 2.05) is 0 Å². The smallest absolute Gasteiger partial charge is 0.550 e. The van der Waals surface area contributed by atoms with E-state index in [0.717, 1.165) is 77.0 Å². The number of hydrogen-bond acceptors (Lipinski definition) is 8. The number of hydrogen-bond donors (Lipinski definition) is 0. The third-order valence-corrected chi connectivity index (χ3v) is 7.23. The van der Waals surface area contributed by atoms with Crippen LogP contribution in [0.5, 0.6) is 0 Å². The van der Waals surface area contributed by atoms with Crippen molar-refractivity contribution >= 4 is 23.9 Å². The van der Waals surface area contributed by atoms with Crippen molar-refractivity contribution in [2.75, 3.05) is 0 Å². The van der Waals surface area contributed by atoms with Crippen molar-refractivity contribution in [3.63, 3.8) is 0 Å². The van der Waals surface area contributed by atoms with Crippen LogP contribution in [0.15, 0.2) is 0 Å². The molecular formula is C40H76Co2O8. The van der Waals surface area contributed by atoms with Crippen molar-refractivity contribution in [3.8, 4) is 0 Å². The SMILES string of the molecule is CC(C)(C)CCCCCC(=O)[O-].CC(C)(C)CCCCCC(=O)[O-].CC(C)(C)CCCCCC(=O)[O-].CC(C)(C)CCCCCC(=O)[O-].[Co+2].[Co+2]. The van der Waals surface area contributed by atoms with Gasteiger partial charge in [0.2, 0.25) is 0 Å². The summed E-state index contributed by atoms with van der Waals surface area (Å²) in [5.74, 6) is -3.70. The largest absolute Gasteiger partial charge is 2.00 e. The number of unbranched alkanes of at least 4 members (excludes halogenated alkanes) is 8. The van der Waals surface area contributed by atoms with E-state index < -0.39 is 23.9 Å². The van der Waals surface area contributed by atoms with Gasteiger partial charge in [-0.25, -0.2) is 0 Å². The zero-order valence-corrected chi connectivity index (χ0v) is 36.2. The molecule has 0 aliphatic carbocycles. The zero-order valence-electron chi connectivity index (χ0n) is 34.1. The number of aliphatic carboxylic acids is 4. The number of rotatable bonds is 20. The maximum atomic E-state index is 10.0. The fraction of sp³-hybridized carbons (Fsp3) is 0.900. The second-order valence-electron chi connectivity index (χ2n) is 18.0. The van der Waals surface area contributed by atoms with Gasteiger partial charge in [0.25, 0.3) is 0 Å². The molecule has 0 fully saturated rings. The van der Waals surface area contributed by atoms with Gasteiger partial charge in [0.15, 0.2) is 0 Å². The van der Waals surface area contributed by atoms with E-state index in [2.05, 4.69) is 83.1 Å². The van der Waals surface area contributed by atoms with Crippen LogP contribution in [0.25, 0.3) is 0 Å². The van der Waals surface area contributed by atoms with Gasteiger partial charge in [-0.1, -0.05) is 134 Å². The van der Waals surface area contributed by atoms with Crippen molar-refractivity contribution < 1.29 is 73.2 Å². The molecule has 0 aromatic rings. The maximum absolute atomic E-state index is 10.0. The molecule has 302 valence electrons. The Kier molecular flexibility index (Phi) is 42.6. The van der Waals surface area contributed by atoms with E-state index in [0.29, 0.717) is 21.7 Å². The molecule has 0 aromatic carbocycles. The van der Waals surface area contributed by atoms with Crippen LogP contribution in [-0.4, -0.2) is 23.9 Å². The summed E-state index contributed by atoms with van der Waals surface area (Å²) in [6.07, 6.45) is 17.1. The van der Waals surface area contributed by atoms with Gasteiger partial charge < -0.3 is 39.6 Å². The molecule has 0 bridgehead atoms. The van der Waals surface area contributed by atoms with Crippen LogP contribution < -0.4 is 20.4 Å². The second-order valence-corrected chi connectivity index (χ2v) is 18.0. The second kappa shape index (κ2) is 35.0. The molecule has 50 heavy (non-hydrogen) atoms. The fourth-order valence-corrected chi connectivity index (χ4v) is 4.41. The molecule has 0 rings (SSSR count). The molecule has 0 amide bonds. The van der Waals surface area contributed by atoms with Crippen molar-refractivity contribution in [1.29, 1.82) is 0 Å². The quantitative estimate of drug-likeness (QED) is 0.120. The minimum absolute atomic E-state index is 0. The van der Waals surface area contributed by atoms with Crippen molar-refractivity contribution in [2.45, 2.75) is 212 Å². The molecule has 0 aromatic heterocycles. The first-order valence-electron chi connectivity index (χ1n) is 18.5. The summed E-state index contributed by atoms with van der Waals surface area (Å²) < 4.78 is 0. The van der Waals surface area contributed by atoms with Crippen LogP contribution in [0.4, 0.5) is 0 Å². The molecule has 10 heteroatoms. The van der Waals surface area contributed by atoms with Crippen LogP contribution in [-0.2, 0) is 52.7 Å². The Bertz CT molecular complexity index is 681. The molecule has 0 unspecified atom stereocenters. The molecule has 2 radical (unpaired) electrons. The van der Waals surface area contributed by atoms with Crippen molar-refractivity contribution in [1.82, 2.24) is 0 Å². The van der Waals surface area contributed by atoms with Gasteiger partial charge in [-0.05, 0) is 98.7 Å². The molecule has 0 aliphatic heterocycles. The first-order valence-corrected chi connectivity index (χ1v) is 18.5. The van der Waals surface area contributed by atoms with E-state index in [1.165, 1.54) is 25.7 Å². The van der Waals surface area contributed by atoms with Crippen molar-refractivity contribution in [2.24, 2.45) is 21.7 Å². The standard InChI is InChI=1S/4C10H20O2.2Co/c4*1-10(2,3)8-6-4-5-7-9(11)12;;/h4*4-8H2,1-3H3,(H,11,12);;/q;;;;2*+2/p-4. The van der Waals surface area contributed by atoms with E-state index in [4.69, 9.17) is 0 Å². The topological polar surface area (TPSA) is 161 Å².